The topological polar surface area (TPSA) is 37.4 Å². The zero-order chi connectivity index (χ0) is 12.3. The van der Waals surface area contributed by atoms with Crippen molar-refractivity contribution in [2.45, 2.75) is 31.8 Å². The summed E-state index contributed by atoms with van der Waals surface area (Å²) in [5.41, 5.74) is 1.19. The molecule has 0 bridgehead atoms. The Bertz CT molecular complexity index is 413. The number of rotatable bonds is 3. The van der Waals surface area contributed by atoms with Crippen LogP contribution in [0.15, 0.2) is 30.3 Å². The summed E-state index contributed by atoms with van der Waals surface area (Å²) in [4.78, 5) is 25.0. The van der Waals surface area contributed by atoms with Crippen LogP contribution in [0.25, 0.3) is 0 Å². The Morgan fingerprint density at radius 3 is 2.59 bits per heavy atom. The lowest BCUT2D eigenvalue weighted by molar-refractivity contribution is -0.133. The first-order chi connectivity index (χ1) is 8.16. The zero-order valence-corrected chi connectivity index (χ0v) is 10.1. The Hall–Kier alpha value is -1.48. The van der Waals surface area contributed by atoms with Crippen LogP contribution >= 0.6 is 0 Å². The standard InChI is InChI=1S/C14H17NO2/c1-15(10-11-5-3-2-4-6-11)13-8-7-12(16)9-14(13)17/h2-6,13H,7-10H2,1H3. The lowest BCUT2D eigenvalue weighted by atomic mass is 9.92. The van der Waals surface area contributed by atoms with Crippen LogP contribution in [0.4, 0.5) is 0 Å². The molecule has 3 nitrogen and oxygen atoms in total. The number of benzene rings is 1. The molecule has 0 radical (unpaired) electrons. The molecule has 1 atom stereocenters. The minimum Gasteiger partial charge on any atom is -0.299 e. The highest BCUT2D eigenvalue weighted by Crippen LogP contribution is 2.18. The molecular formula is C14H17NO2. The lowest BCUT2D eigenvalue weighted by Gasteiger charge is -2.29. The van der Waals surface area contributed by atoms with Crippen molar-refractivity contribution < 1.29 is 9.59 Å². The predicted octanol–water partition coefficient (Wildman–Crippen LogP) is 1.81. The second kappa shape index (κ2) is 5.23. The molecule has 0 aromatic heterocycles. The van der Waals surface area contributed by atoms with Crippen LogP contribution in [-0.4, -0.2) is 29.6 Å². The number of carbonyl (C=O) groups excluding carboxylic acids is 2. The Morgan fingerprint density at radius 1 is 1.24 bits per heavy atom. The van der Waals surface area contributed by atoms with E-state index in [1.54, 1.807) is 0 Å². The Kier molecular flexibility index (Phi) is 3.69. The van der Waals surface area contributed by atoms with Gasteiger partial charge in [0.05, 0.1) is 12.5 Å². The lowest BCUT2D eigenvalue weighted by Crippen LogP contribution is -2.42. The van der Waals surface area contributed by atoms with Gasteiger partial charge in [0.25, 0.3) is 0 Å². The summed E-state index contributed by atoms with van der Waals surface area (Å²) >= 11 is 0. The third kappa shape index (κ3) is 3.01. The van der Waals surface area contributed by atoms with Gasteiger partial charge in [-0.2, -0.15) is 0 Å². The van der Waals surface area contributed by atoms with Gasteiger partial charge in [0.1, 0.15) is 5.78 Å². The van der Waals surface area contributed by atoms with E-state index in [4.69, 9.17) is 0 Å². The summed E-state index contributed by atoms with van der Waals surface area (Å²) in [6.45, 7) is 0.755. The van der Waals surface area contributed by atoms with Gasteiger partial charge < -0.3 is 0 Å². The molecule has 0 N–H and O–H groups in total. The van der Waals surface area contributed by atoms with Crippen LogP contribution in [0, 0.1) is 0 Å². The van der Waals surface area contributed by atoms with Gasteiger partial charge in [-0.1, -0.05) is 30.3 Å². The minimum atomic E-state index is -0.0899. The number of likely N-dealkylation sites (N-methyl/N-ethyl adjacent to an activating group) is 1. The summed E-state index contributed by atoms with van der Waals surface area (Å²) in [5, 5.41) is 0. The summed E-state index contributed by atoms with van der Waals surface area (Å²) in [6.07, 6.45) is 1.32. The number of carbonyl (C=O) groups is 2. The molecule has 0 amide bonds. The highest BCUT2D eigenvalue weighted by atomic mass is 16.2. The van der Waals surface area contributed by atoms with Crippen LogP contribution in [0.3, 0.4) is 0 Å². The molecule has 1 aliphatic carbocycles. The van der Waals surface area contributed by atoms with Gasteiger partial charge in [0.15, 0.2) is 5.78 Å². The van der Waals surface area contributed by atoms with E-state index in [9.17, 15) is 9.59 Å². The van der Waals surface area contributed by atoms with Crippen LogP contribution in [0.5, 0.6) is 0 Å². The fourth-order valence-corrected chi connectivity index (χ4v) is 2.31. The third-order valence-corrected chi connectivity index (χ3v) is 3.25. The quantitative estimate of drug-likeness (QED) is 0.744. The van der Waals surface area contributed by atoms with Gasteiger partial charge in [0, 0.05) is 13.0 Å². The van der Waals surface area contributed by atoms with E-state index < -0.39 is 0 Å². The van der Waals surface area contributed by atoms with Crippen molar-refractivity contribution in [2.75, 3.05) is 7.05 Å². The van der Waals surface area contributed by atoms with E-state index in [-0.39, 0.29) is 24.0 Å². The minimum absolute atomic E-state index is 0.0691. The number of Topliss-reactive ketones (excluding diaryl/α,β-unsaturated/α-hetero) is 2. The van der Waals surface area contributed by atoms with E-state index in [0.717, 1.165) is 6.54 Å². The second-order valence-electron chi connectivity index (χ2n) is 4.64. The first-order valence-corrected chi connectivity index (χ1v) is 5.95. The first kappa shape index (κ1) is 12.0. The molecule has 90 valence electrons. The Balaban J connectivity index is 1.98. The normalized spacial score (nSPS) is 20.9. The Morgan fingerprint density at radius 2 is 1.94 bits per heavy atom. The molecule has 0 spiro atoms. The maximum atomic E-state index is 11.8. The van der Waals surface area contributed by atoms with E-state index >= 15 is 0 Å². The van der Waals surface area contributed by atoms with Crippen molar-refractivity contribution in [1.29, 1.82) is 0 Å². The zero-order valence-electron chi connectivity index (χ0n) is 10.1. The predicted molar refractivity (Wildman–Crippen MR) is 65.6 cm³/mol. The molecule has 1 fully saturated rings. The van der Waals surface area contributed by atoms with Gasteiger partial charge >= 0.3 is 0 Å². The largest absolute Gasteiger partial charge is 0.299 e. The molecular weight excluding hydrogens is 214 g/mol. The van der Waals surface area contributed by atoms with Crippen LogP contribution in [0.1, 0.15) is 24.8 Å². The van der Waals surface area contributed by atoms with Gasteiger partial charge in [-0.15, -0.1) is 0 Å². The van der Waals surface area contributed by atoms with Crippen LogP contribution in [0.2, 0.25) is 0 Å². The Labute approximate surface area is 101 Å². The molecule has 3 heteroatoms. The van der Waals surface area contributed by atoms with Crippen molar-refractivity contribution in [3.63, 3.8) is 0 Å². The molecule has 1 aromatic rings. The van der Waals surface area contributed by atoms with Gasteiger partial charge in [0.2, 0.25) is 0 Å². The van der Waals surface area contributed by atoms with Gasteiger partial charge in [-0.3, -0.25) is 14.5 Å². The van der Waals surface area contributed by atoms with Crippen LogP contribution in [-0.2, 0) is 16.1 Å². The molecule has 0 aliphatic heterocycles. The van der Waals surface area contributed by atoms with E-state index in [0.29, 0.717) is 12.8 Å². The molecule has 1 aliphatic rings. The highest BCUT2D eigenvalue weighted by molar-refractivity contribution is 6.03. The smallest absolute Gasteiger partial charge is 0.157 e. The summed E-state index contributed by atoms with van der Waals surface area (Å²) < 4.78 is 0. The van der Waals surface area contributed by atoms with Crippen molar-refractivity contribution in [1.82, 2.24) is 4.90 Å². The third-order valence-electron chi connectivity index (χ3n) is 3.25. The van der Waals surface area contributed by atoms with Crippen molar-refractivity contribution in [3.8, 4) is 0 Å². The van der Waals surface area contributed by atoms with E-state index in [1.807, 2.05) is 30.1 Å². The molecule has 17 heavy (non-hydrogen) atoms. The number of hydrogen-bond donors (Lipinski definition) is 0. The number of nitrogens with zero attached hydrogens (tertiary/aromatic N) is 1. The fraction of sp³-hybridized carbons (Fsp3) is 0.429. The maximum absolute atomic E-state index is 11.8. The average molecular weight is 231 g/mol. The van der Waals surface area contributed by atoms with Crippen molar-refractivity contribution in [3.05, 3.63) is 35.9 Å². The first-order valence-electron chi connectivity index (χ1n) is 5.95. The van der Waals surface area contributed by atoms with Crippen molar-refractivity contribution >= 4 is 11.6 Å². The van der Waals surface area contributed by atoms with E-state index in [1.165, 1.54) is 5.56 Å². The number of hydrogen-bond acceptors (Lipinski definition) is 3. The molecule has 0 heterocycles. The fourth-order valence-electron chi connectivity index (χ4n) is 2.31. The monoisotopic (exact) mass is 231 g/mol. The summed E-state index contributed by atoms with van der Waals surface area (Å²) in [5.74, 6) is 0.152. The maximum Gasteiger partial charge on any atom is 0.157 e. The van der Waals surface area contributed by atoms with Crippen molar-refractivity contribution in [2.24, 2.45) is 0 Å². The summed E-state index contributed by atoms with van der Waals surface area (Å²) in [7, 11) is 1.95. The molecule has 2 rings (SSSR count). The van der Waals surface area contributed by atoms with Gasteiger partial charge in [-0.25, -0.2) is 0 Å². The number of ketones is 2. The van der Waals surface area contributed by atoms with Gasteiger partial charge in [-0.05, 0) is 19.0 Å². The molecule has 1 unspecified atom stereocenters. The van der Waals surface area contributed by atoms with E-state index in [2.05, 4.69) is 12.1 Å². The second-order valence-corrected chi connectivity index (χ2v) is 4.64. The average Bonchev–Trinajstić information content (AvgIpc) is 2.30. The van der Waals surface area contributed by atoms with Crippen LogP contribution < -0.4 is 0 Å². The highest BCUT2D eigenvalue weighted by Gasteiger charge is 2.29. The molecule has 0 saturated heterocycles. The molecule has 1 saturated carbocycles. The summed E-state index contributed by atoms with van der Waals surface area (Å²) in [6, 6.07) is 9.98. The molecule has 1 aromatic carbocycles. The SMILES string of the molecule is CN(Cc1ccccc1)C1CCC(=O)CC1=O.